The fourth-order valence-electron chi connectivity index (χ4n) is 7.87. The molecule has 350 valence electrons. The molecule has 0 spiro atoms. The summed E-state index contributed by atoms with van der Waals surface area (Å²) in [5.74, 6) is 3.24. The second-order valence-corrected chi connectivity index (χ2v) is 32.8. The van der Waals surface area contributed by atoms with Crippen LogP contribution in [-0.2, 0) is 32.4 Å². The number of likely N-dealkylation sites (tertiary alicyclic amines) is 2. The molecule has 0 aromatic carbocycles. The third kappa shape index (κ3) is 12.4. The van der Waals surface area contributed by atoms with Gasteiger partial charge >= 0.3 is 12.2 Å². The highest BCUT2D eigenvalue weighted by molar-refractivity contribution is 6.76. The second-order valence-electron chi connectivity index (χ2n) is 21.6. The van der Waals surface area contributed by atoms with Crippen LogP contribution in [-0.4, -0.2) is 106 Å². The van der Waals surface area contributed by atoms with E-state index < -0.39 is 27.3 Å². The minimum absolute atomic E-state index is 0.231. The number of nitrogens with zero attached hydrogens (tertiary/aromatic N) is 8. The van der Waals surface area contributed by atoms with Crippen LogP contribution in [0.15, 0.2) is 33.8 Å². The third-order valence-corrected chi connectivity index (χ3v) is 14.6. The fraction of sp³-hybridized carbons (Fsp3) is 0.617. The summed E-state index contributed by atoms with van der Waals surface area (Å²) >= 11 is 0. The SMILES string of the molecule is C=Nc1c(/C=C(\C)c2ccc(-c3cnc4c(c3)nc([C@@H]3CCCN3C(=O)OC(C)(C)C)n4COCC[Si](C)(C)C)o2)nc([C@@H]2CCCN2C(=O)OC(C)(C)C)n1COCC[Si](C)(C)C. The van der Waals surface area contributed by atoms with E-state index in [0.29, 0.717) is 66.3 Å². The highest BCUT2D eigenvalue weighted by Crippen LogP contribution is 2.39. The molecule has 0 bridgehead atoms. The highest BCUT2D eigenvalue weighted by atomic mass is 28.3. The normalized spacial score (nSPS) is 17.8. The largest absolute Gasteiger partial charge is 0.456 e. The topological polar surface area (TPSA) is 152 Å². The van der Waals surface area contributed by atoms with Gasteiger partial charge in [0.05, 0.1) is 12.1 Å². The number of fused-ring (bicyclic) bond motifs is 1. The van der Waals surface area contributed by atoms with Crippen LogP contribution in [0.4, 0.5) is 15.4 Å². The van der Waals surface area contributed by atoms with Gasteiger partial charge in [0.2, 0.25) is 0 Å². The van der Waals surface area contributed by atoms with Crippen molar-refractivity contribution in [1.82, 2.24) is 33.9 Å². The lowest BCUT2D eigenvalue weighted by atomic mass is 10.2. The maximum absolute atomic E-state index is 13.4. The Morgan fingerprint density at radius 3 is 1.88 bits per heavy atom. The first kappa shape index (κ1) is 48.9. The van der Waals surface area contributed by atoms with Crippen molar-refractivity contribution < 1.29 is 33.0 Å². The van der Waals surface area contributed by atoms with Gasteiger partial charge in [0.1, 0.15) is 59.0 Å². The first-order chi connectivity index (χ1) is 29.9. The van der Waals surface area contributed by atoms with Crippen molar-refractivity contribution in [1.29, 1.82) is 0 Å². The van der Waals surface area contributed by atoms with Crippen LogP contribution in [0, 0.1) is 0 Å². The lowest BCUT2D eigenvalue weighted by molar-refractivity contribution is 0.0195. The average Bonchev–Trinajstić information content (AvgIpc) is 4.02. The number of carbonyl (C=O) groups is 2. The number of rotatable bonds is 16. The van der Waals surface area contributed by atoms with Crippen LogP contribution in [0.2, 0.25) is 51.4 Å². The maximum Gasteiger partial charge on any atom is 0.410 e. The zero-order valence-corrected chi connectivity index (χ0v) is 42.7. The number of amides is 2. The quantitative estimate of drug-likeness (QED) is 0.0603. The summed E-state index contributed by atoms with van der Waals surface area (Å²) < 4.78 is 34.6. The number of carbonyl (C=O) groups excluding carboxylic acids is 2. The molecule has 2 atom stereocenters. The van der Waals surface area contributed by atoms with E-state index in [0.717, 1.165) is 54.7 Å². The van der Waals surface area contributed by atoms with Gasteiger partial charge in [-0.2, -0.15) is 0 Å². The van der Waals surface area contributed by atoms with E-state index in [1.807, 2.05) is 81.9 Å². The molecular weight excluding hydrogens is 845 g/mol. The first-order valence-corrected chi connectivity index (χ1v) is 30.2. The van der Waals surface area contributed by atoms with Gasteiger partial charge in [0, 0.05) is 54.2 Å². The van der Waals surface area contributed by atoms with E-state index in [1.54, 1.807) is 16.0 Å². The van der Waals surface area contributed by atoms with Crippen molar-refractivity contribution in [3.05, 3.63) is 47.5 Å². The van der Waals surface area contributed by atoms with Crippen molar-refractivity contribution in [2.24, 2.45) is 4.99 Å². The minimum Gasteiger partial charge on any atom is -0.456 e. The van der Waals surface area contributed by atoms with Crippen LogP contribution in [0.25, 0.3) is 34.1 Å². The zero-order valence-electron chi connectivity index (χ0n) is 40.7. The number of imidazole rings is 2. The summed E-state index contributed by atoms with van der Waals surface area (Å²) in [6.45, 7) is 34.1. The molecule has 2 saturated heterocycles. The molecule has 17 heteroatoms. The Bertz CT molecular complexity index is 2320. The van der Waals surface area contributed by atoms with Gasteiger partial charge in [-0.15, -0.1) is 0 Å². The molecule has 6 rings (SSSR count). The summed E-state index contributed by atoms with van der Waals surface area (Å²) in [5.41, 5.74) is 2.30. The molecular formula is C47H72N8O7Si2. The molecule has 0 saturated carbocycles. The predicted molar refractivity (Wildman–Crippen MR) is 258 cm³/mol. The van der Waals surface area contributed by atoms with Crippen molar-refractivity contribution >= 4 is 63.7 Å². The summed E-state index contributed by atoms with van der Waals surface area (Å²) in [4.78, 5) is 50.0. The number of aliphatic imine (C=N–C) groups is 1. The number of furan rings is 1. The Hall–Kier alpha value is -4.59. The predicted octanol–water partition coefficient (Wildman–Crippen LogP) is 11.5. The monoisotopic (exact) mass is 917 g/mol. The van der Waals surface area contributed by atoms with E-state index in [4.69, 9.17) is 38.3 Å². The second kappa shape index (κ2) is 19.5. The van der Waals surface area contributed by atoms with E-state index in [2.05, 4.69) is 51.0 Å². The molecule has 15 nitrogen and oxygen atoms in total. The van der Waals surface area contributed by atoms with Gasteiger partial charge in [-0.05, 0) is 123 Å². The van der Waals surface area contributed by atoms with Crippen LogP contribution in [0.5, 0.6) is 0 Å². The van der Waals surface area contributed by atoms with E-state index in [-0.39, 0.29) is 37.7 Å². The molecule has 0 aliphatic carbocycles. The molecule has 2 fully saturated rings. The number of ether oxygens (including phenoxy) is 4. The fourth-order valence-corrected chi connectivity index (χ4v) is 9.38. The average molecular weight is 917 g/mol. The van der Waals surface area contributed by atoms with Crippen LogP contribution in [0.1, 0.15) is 109 Å². The van der Waals surface area contributed by atoms with Crippen LogP contribution < -0.4 is 0 Å². The highest BCUT2D eigenvalue weighted by Gasteiger charge is 2.38. The molecule has 6 heterocycles. The Kier molecular flexibility index (Phi) is 14.9. The summed E-state index contributed by atoms with van der Waals surface area (Å²) in [6.07, 6.45) is 6.18. The Balaban J connectivity index is 1.31. The Morgan fingerprint density at radius 1 is 0.828 bits per heavy atom. The molecule has 0 unspecified atom stereocenters. The molecule has 4 aromatic rings. The number of pyridine rings is 1. The number of hydrogen-bond donors (Lipinski definition) is 0. The number of allylic oxidation sites excluding steroid dienone is 1. The summed E-state index contributed by atoms with van der Waals surface area (Å²) in [5, 5.41) is 0. The van der Waals surface area contributed by atoms with Crippen molar-refractivity contribution in [3.8, 4) is 11.3 Å². The smallest absolute Gasteiger partial charge is 0.410 e. The third-order valence-electron chi connectivity index (χ3n) is 11.2. The molecule has 0 N–H and O–H groups in total. The van der Waals surface area contributed by atoms with Gasteiger partial charge in [-0.1, -0.05) is 39.3 Å². The van der Waals surface area contributed by atoms with E-state index in [9.17, 15) is 9.59 Å². The number of aromatic nitrogens is 5. The van der Waals surface area contributed by atoms with E-state index >= 15 is 0 Å². The molecule has 0 radical (unpaired) electrons. The Labute approximate surface area is 381 Å². The first-order valence-electron chi connectivity index (χ1n) is 22.8. The van der Waals surface area contributed by atoms with Gasteiger partial charge in [-0.25, -0.2) is 29.5 Å². The van der Waals surface area contributed by atoms with Crippen LogP contribution >= 0.6 is 0 Å². The van der Waals surface area contributed by atoms with Crippen LogP contribution in [0.3, 0.4) is 0 Å². The molecule has 2 amide bonds. The van der Waals surface area contributed by atoms with E-state index in [1.165, 1.54) is 0 Å². The van der Waals surface area contributed by atoms with Crippen molar-refractivity contribution in [2.75, 3.05) is 26.3 Å². The minimum atomic E-state index is -1.33. The summed E-state index contributed by atoms with van der Waals surface area (Å²) in [6, 6.07) is 7.29. The maximum atomic E-state index is 13.4. The standard InChI is InChI=1S/C47H72N8O7Si2/c1-32(27-34-40(48-8)54(30-58-23-25-63(9,10)11)42(50-34)36-17-15-21-52(36)44(56)61-46(2,3)4)38-19-20-39(60-38)33-28-35-41(49-29-33)55(31-59-24-26-64(12,13)14)43(51-35)37-18-16-22-53(37)45(57)62-47(5,6)7/h19-20,27-29,36-37H,8,15-18,21-26,30-31H2,1-7,9-14H3/b32-27+/t36-,37-/m0/s1. The molecule has 2 aliphatic rings. The van der Waals surface area contributed by atoms with Crippen molar-refractivity contribution in [3.63, 3.8) is 0 Å². The van der Waals surface area contributed by atoms with Gasteiger partial charge in [0.25, 0.3) is 0 Å². The van der Waals surface area contributed by atoms with Gasteiger partial charge in [0.15, 0.2) is 11.5 Å². The Morgan fingerprint density at radius 2 is 1.36 bits per heavy atom. The molecule has 64 heavy (non-hydrogen) atoms. The van der Waals surface area contributed by atoms with Gasteiger partial charge in [-0.3, -0.25) is 18.9 Å². The lowest BCUT2D eigenvalue weighted by Gasteiger charge is -2.28. The molecule has 4 aromatic heterocycles. The zero-order chi connectivity index (χ0) is 46.8. The van der Waals surface area contributed by atoms with Crippen molar-refractivity contribution in [2.45, 2.75) is 162 Å². The number of hydrogen-bond acceptors (Lipinski definition) is 11. The lowest BCUT2D eigenvalue weighted by Crippen LogP contribution is -2.37. The molecule has 2 aliphatic heterocycles. The van der Waals surface area contributed by atoms with Gasteiger partial charge < -0.3 is 23.4 Å². The summed E-state index contributed by atoms with van der Waals surface area (Å²) in [7, 11) is -2.65.